The third-order valence-electron chi connectivity index (χ3n) is 4.00. The molecule has 0 aliphatic rings. The van der Waals surface area contributed by atoms with Crippen molar-refractivity contribution < 1.29 is 9.53 Å². The largest absolute Gasteiger partial charge is 0.497 e. The minimum atomic E-state index is 0.0185. The second-order valence-corrected chi connectivity index (χ2v) is 6.93. The fourth-order valence-corrected chi connectivity index (χ4v) is 3.41. The predicted octanol–water partition coefficient (Wildman–Crippen LogP) is 5.36. The summed E-state index contributed by atoms with van der Waals surface area (Å²) in [5.41, 5.74) is 3.01. The summed E-state index contributed by atoms with van der Waals surface area (Å²) in [5.74, 6) is 1.68. The van der Waals surface area contributed by atoms with Crippen molar-refractivity contribution >= 4 is 23.2 Å². The van der Waals surface area contributed by atoms with Crippen LogP contribution in [0.15, 0.2) is 71.8 Å². The number of carbonyl (C=O) groups excluding carboxylic acids is 1. The zero-order valence-corrected chi connectivity index (χ0v) is 15.7. The molecule has 0 atom stereocenters. The number of ether oxygens (including phenoxy) is 1. The van der Waals surface area contributed by atoms with Crippen molar-refractivity contribution in [2.75, 3.05) is 7.11 Å². The summed E-state index contributed by atoms with van der Waals surface area (Å²) in [4.78, 5) is 21.1. The van der Waals surface area contributed by atoms with Crippen molar-refractivity contribution in [2.45, 2.75) is 17.1 Å². The molecule has 0 N–H and O–H groups in total. The molecule has 0 fully saturated rings. The third-order valence-corrected chi connectivity index (χ3v) is 5.07. The summed E-state index contributed by atoms with van der Waals surface area (Å²) in [7, 11) is 1.65. The van der Waals surface area contributed by atoms with Crippen molar-refractivity contribution in [2.24, 2.45) is 0 Å². The molecular formula is C22H18N2O2S. The van der Waals surface area contributed by atoms with Gasteiger partial charge in [-0.15, -0.1) is 11.8 Å². The van der Waals surface area contributed by atoms with Gasteiger partial charge >= 0.3 is 0 Å². The number of hydrogen-bond acceptors (Lipinski definition) is 4. The number of Topliss-reactive ketones (excluding diaryl/α,β-unsaturated/α-hetero) is 1. The van der Waals surface area contributed by atoms with E-state index in [9.17, 15) is 4.79 Å². The van der Waals surface area contributed by atoms with Crippen LogP contribution in [-0.4, -0.2) is 17.9 Å². The first-order chi connectivity index (χ1) is 13.2. The van der Waals surface area contributed by atoms with Gasteiger partial charge < -0.3 is 4.74 Å². The standard InChI is InChI=1S/C22H18N2O2S/c1-23-19-9-8-18(24-14-19)13-22(25)17-4-3-5-21(12-17)27-15-16-6-10-20(26-2)11-7-16/h3-12,14H,13,15H2,2H3. The van der Waals surface area contributed by atoms with Crippen LogP contribution >= 0.6 is 11.8 Å². The Bertz CT molecular complexity index is 961. The molecule has 1 heterocycles. The molecular weight excluding hydrogens is 356 g/mol. The van der Waals surface area contributed by atoms with Crippen LogP contribution in [0, 0.1) is 6.57 Å². The van der Waals surface area contributed by atoms with Gasteiger partial charge in [0.25, 0.3) is 0 Å². The number of nitrogens with zero attached hydrogens (tertiary/aromatic N) is 2. The highest BCUT2D eigenvalue weighted by molar-refractivity contribution is 7.98. The first kappa shape index (κ1) is 18.7. The molecule has 2 aromatic carbocycles. The molecule has 0 saturated carbocycles. The number of carbonyl (C=O) groups is 1. The molecule has 0 aliphatic carbocycles. The monoisotopic (exact) mass is 374 g/mol. The summed E-state index contributed by atoms with van der Waals surface area (Å²) in [6.07, 6.45) is 1.72. The molecule has 0 bridgehead atoms. The third kappa shape index (κ3) is 5.19. The number of rotatable bonds is 7. The average molecular weight is 374 g/mol. The molecule has 0 amide bonds. The van der Waals surface area contributed by atoms with Gasteiger partial charge in [-0.05, 0) is 29.8 Å². The number of aromatic nitrogens is 1. The predicted molar refractivity (Wildman–Crippen MR) is 108 cm³/mol. The number of methoxy groups -OCH3 is 1. The van der Waals surface area contributed by atoms with E-state index < -0.39 is 0 Å². The van der Waals surface area contributed by atoms with E-state index in [4.69, 9.17) is 11.3 Å². The van der Waals surface area contributed by atoms with E-state index in [0.717, 1.165) is 16.4 Å². The minimum Gasteiger partial charge on any atom is -0.497 e. The molecule has 0 aliphatic heterocycles. The second-order valence-electron chi connectivity index (χ2n) is 5.88. The molecule has 0 unspecified atom stereocenters. The van der Waals surface area contributed by atoms with Gasteiger partial charge in [-0.1, -0.05) is 36.4 Å². The van der Waals surface area contributed by atoms with Crippen LogP contribution in [0.1, 0.15) is 21.6 Å². The maximum Gasteiger partial charge on any atom is 0.205 e. The number of benzene rings is 2. The van der Waals surface area contributed by atoms with Gasteiger partial charge in [0.2, 0.25) is 5.69 Å². The Morgan fingerprint density at radius 3 is 2.63 bits per heavy atom. The van der Waals surface area contributed by atoms with Crippen LogP contribution < -0.4 is 4.74 Å². The van der Waals surface area contributed by atoms with Crippen LogP contribution in [-0.2, 0) is 12.2 Å². The molecule has 3 rings (SSSR count). The Labute approximate surface area is 163 Å². The molecule has 134 valence electrons. The highest BCUT2D eigenvalue weighted by atomic mass is 32.2. The fourth-order valence-electron chi connectivity index (χ4n) is 2.50. The zero-order chi connectivity index (χ0) is 19.1. The Kier molecular flexibility index (Phi) is 6.24. The maximum atomic E-state index is 12.5. The summed E-state index contributed by atoms with van der Waals surface area (Å²) < 4.78 is 5.17. The van der Waals surface area contributed by atoms with Gasteiger partial charge in [0.1, 0.15) is 5.75 Å². The summed E-state index contributed by atoms with van der Waals surface area (Å²) in [6.45, 7) is 6.95. The van der Waals surface area contributed by atoms with E-state index in [1.807, 2.05) is 48.5 Å². The van der Waals surface area contributed by atoms with E-state index in [1.54, 1.807) is 31.0 Å². The Morgan fingerprint density at radius 1 is 1.15 bits per heavy atom. The highest BCUT2D eigenvalue weighted by Crippen LogP contribution is 2.25. The van der Waals surface area contributed by atoms with Crippen molar-refractivity contribution in [3.05, 3.63) is 95.1 Å². The molecule has 0 saturated heterocycles. The first-order valence-corrected chi connectivity index (χ1v) is 9.38. The smallest absolute Gasteiger partial charge is 0.205 e. The van der Waals surface area contributed by atoms with Gasteiger partial charge in [0.05, 0.1) is 20.1 Å². The zero-order valence-electron chi connectivity index (χ0n) is 14.9. The minimum absolute atomic E-state index is 0.0185. The molecule has 1 aromatic heterocycles. The Balaban J connectivity index is 1.63. The molecule has 0 spiro atoms. The highest BCUT2D eigenvalue weighted by Gasteiger charge is 2.09. The van der Waals surface area contributed by atoms with Crippen molar-refractivity contribution in [1.82, 2.24) is 4.98 Å². The van der Waals surface area contributed by atoms with E-state index >= 15 is 0 Å². The molecule has 5 heteroatoms. The van der Waals surface area contributed by atoms with Gasteiger partial charge in [0.15, 0.2) is 5.78 Å². The van der Waals surface area contributed by atoms with Gasteiger partial charge in [-0.3, -0.25) is 9.78 Å². The summed E-state index contributed by atoms with van der Waals surface area (Å²) >= 11 is 1.69. The number of pyridine rings is 1. The fraction of sp³-hybridized carbons (Fsp3) is 0.136. The topological polar surface area (TPSA) is 43.5 Å². The van der Waals surface area contributed by atoms with Gasteiger partial charge in [-0.25, -0.2) is 4.85 Å². The van der Waals surface area contributed by atoms with E-state index in [1.165, 1.54) is 11.8 Å². The van der Waals surface area contributed by atoms with Crippen molar-refractivity contribution in [3.63, 3.8) is 0 Å². The normalized spacial score (nSPS) is 10.2. The Morgan fingerprint density at radius 2 is 1.96 bits per heavy atom. The molecule has 0 radical (unpaired) electrons. The van der Waals surface area contributed by atoms with Crippen LogP contribution in [0.5, 0.6) is 5.75 Å². The van der Waals surface area contributed by atoms with E-state index in [2.05, 4.69) is 9.83 Å². The quantitative estimate of drug-likeness (QED) is 0.317. The van der Waals surface area contributed by atoms with Crippen LogP contribution in [0.25, 0.3) is 4.85 Å². The SMILES string of the molecule is [C-]#[N+]c1ccc(CC(=O)c2cccc(SCc3ccc(OC)cc3)c2)nc1. The van der Waals surface area contributed by atoms with Gasteiger partial charge in [0, 0.05) is 28.1 Å². The number of thioether (sulfide) groups is 1. The number of hydrogen-bond donors (Lipinski definition) is 0. The second kappa shape index (κ2) is 9.02. The van der Waals surface area contributed by atoms with Gasteiger partial charge in [-0.2, -0.15) is 0 Å². The molecule has 27 heavy (non-hydrogen) atoms. The summed E-state index contributed by atoms with van der Waals surface area (Å²) in [6, 6.07) is 19.0. The molecule has 3 aromatic rings. The van der Waals surface area contributed by atoms with Crippen LogP contribution in [0.2, 0.25) is 0 Å². The van der Waals surface area contributed by atoms with E-state index in [-0.39, 0.29) is 12.2 Å². The maximum absolute atomic E-state index is 12.5. The van der Waals surface area contributed by atoms with Crippen molar-refractivity contribution in [3.8, 4) is 5.75 Å². The lowest BCUT2D eigenvalue weighted by atomic mass is 10.1. The summed E-state index contributed by atoms with van der Waals surface area (Å²) in [5, 5.41) is 0. The van der Waals surface area contributed by atoms with E-state index in [0.29, 0.717) is 16.9 Å². The first-order valence-electron chi connectivity index (χ1n) is 8.39. The lowest BCUT2D eigenvalue weighted by molar-refractivity contribution is 0.0991. The van der Waals surface area contributed by atoms with Crippen LogP contribution in [0.3, 0.4) is 0 Å². The van der Waals surface area contributed by atoms with Crippen LogP contribution in [0.4, 0.5) is 5.69 Å². The average Bonchev–Trinajstić information content (AvgIpc) is 2.73. The van der Waals surface area contributed by atoms with Crippen molar-refractivity contribution in [1.29, 1.82) is 0 Å². The lowest BCUT2D eigenvalue weighted by Crippen LogP contribution is -2.04. The molecule has 4 nitrogen and oxygen atoms in total. The lowest BCUT2D eigenvalue weighted by Gasteiger charge is -2.06. The Hall–Kier alpha value is -3.10. The number of ketones is 1.